The summed E-state index contributed by atoms with van der Waals surface area (Å²) in [6.07, 6.45) is -1.17. The number of hydrogen-bond acceptors (Lipinski definition) is 5. The number of sulfonamides is 1. The van der Waals surface area contributed by atoms with Gasteiger partial charge in [0.15, 0.2) is 6.10 Å². The van der Waals surface area contributed by atoms with Gasteiger partial charge >= 0.3 is 5.97 Å². The Hall–Kier alpha value is -3.79. The molecule has 0 bridgehead atoms. The van der Waals surface area contributed by atoms with Crippen LogP contribution in [0.3, 0.4) is 0 Å². The molecule has 10 heteroatoms. The first-order chi connectivity index (χ1) is 15.7. The summed E-state index contributed by atoms with van der Waals surface area (Å²) in [5.74, 6) is -3.63. The minimum atomic E-state index is -4.56. The Labute approximate surface area is 189 Å². The maximum Gasteiger partial charge on any atom is 0.341 e. The Balaban J connectivity index is 1.72. The van der Waals surface area contributed by atoms with Gasteiger partial charge in [0.25, 0.3) is 15.9 Å². The minimum Gasteiger partial charge on any atom is -0.449 e. The van der Waals surface area contributed by atoms with E-state index in [2.05, 4.69) is 10.0 Å². The Morgan fingerprint density at radius 2 is 1.64 bits per heavy atom. The van der Waals surface area contributed by atoms with Gasteiger partial charge in [-0.1, -0.05) is 42.5 Å². The second-order valence-corrected chi connectivity index (χ2v) is 8.63. The molecule has 3 rings (SSSR count). The van der Waals surface area contributed by atoms with Crippen molar-refractivity contribution in [3.63, 3.8) is 0 Å². The van der Waals surface area contributed by atoms with E-state index < -0.39 is 44.5 Å². The Morgan fingerprint density at radius 1 is 0.970 bits per heavy atom. The molecule has 7 nitrogen and oxygen atoms in total. The number of halogens is 2. The summed E-state index contributed by atoms with van der Waals surface area (Å²) >= 11 is 0. The van der Waals surface area contributed by atoms with E-state index >= 15 is 0 Å². The third kappa shape index (κ3) is 6.13. The number of ether oxygens (including phenoxy) is 1. The predicted octanol–water partition coefficient (Wildman–Crippen LogP) is 3.63. The number of esters is 1. The fraction of sp³-hybridized carbons (Fsp3) is 0.130. The summed E-state index contributed by atoms with van der Waals surface area (Å²) in [6, 6.07) is 16.5. The van der Waals surface area contributed by atoms with Gasteiger partial charge in [0.2, 0.25) is 0 Å². The quantitative estimate of drug-likeness (QED) is 0.486. The van der Waals surface area contributed by atoms with Crippen molar-refractivity contribution in [2.45, 2.75) is 24.5 Å². The Kier molecular flexibility index (Phi) is 7.39. The fourth-order valence-electron chi connectivity index (χ4n) is 2.84. The molecule has 2 N–H and O–H groups in total. The second-order valence-electron chi connectivity index (χ2n) is 6.98. The lowest BCUT2D eigenvalue weighted by Crippen LogP contribution is -2.35. The smallest absolute Gasteiger partial charge is 0.341 e. The molecular weight excluding hydrogens is 454 g/mol. The van der Waals surface area contributed by atoms with Gasteiger partial charge in [0, 0.05) is 6.54 Å². The molecule has 3 aromatic rings. The molecule has 0 aliphatic rings. The van der Waals surface area contributed by atoms with Crippen molar-refractivity contribution in [2.24, 2.45) is 0 Å². The van der Waals surface area contributed by atoms with Crippen LogP contribution in [0.5, 0.6) is 0 Å². The number of nitrogens with one attached hydrogen (secondary N) is 2. The summed E-state index contributed by atoms with van der Waals surface area (Å²) in [4.78, 5) is 24.0. The van der Waals surface area contributed by atoms with Crippen LogP contribution in [0.2, 0.25) is 0 Å². The molecule has 1 unspecified atom stereocenters. The minimum absolute atomic E-state index is 0.208. The molecule has 1 atom stereocenters. The number of carbonyl (C=O) groups is 2. The van der Waals surface area contributed by atoms with Gasteiger partial charge in [0.05, 0.1) is 11.3 Å². The van der Waals surface area contributed by atoms with Crippen molar-refractivity contribution in [1.29, 1.82) is 0 Å². The lowest BCUT2D eigenvalue weighted by atomic mass is 10.2. The second kappa shape index (κ2) is 10.2. The van der Waals surface area contributed by atoms with Crippen LogP contribution >= 0.6 is 0 Å². The highest BCUT2D eigenvalue weighted by molar-refractivity contribution is 7.92. The SMILES string of the molecule is CC(OC(=O)c1ccccc1NS(=O)(=O)c1cc(F)ccc1F)C(=O)NCc1ccccc1. The standard InChI is InChI=1S/C23H20F2N2O5S/c1-15(22(28)26-14-16-7-3-2-4-8-16)32-23(29)18-9-5-6-10-20(18)27-33(30,31)21-13-17(24)11-12-19(21)25/h2-13,15,27H,14H2,1H3,(H,26,28). The van der Waals surface area contributed by atoms with Gasteiger partial charge in [-0.05, 0) is 42.8 Å². The van der Waals surface area contributed by atoms with E-state index in [1.807, 2.05) is 30.3 Å². The topological polar surface area (TPSA) is 102 Å². The van der Waals surface area contributed by atoms with E-state index in [4.69, 9.17) is 4.74 Å². The number of para-hydroxylation sites is 1. The van der Waals surface area contributed by atoms with Gasteiger partial charge in [-0.3, -0.25) is 9.52 Å². The molecule has 3 aromatic carbocycles. The summed E-state index contributed by atoms with van der Waals surface area (Å²) in [6.45, 7) is 1.60. The summed E-state index contributed by atoms with van der Waals surface area (Å²) in [5, 5.41) is 2.64. The first-order valence-electron chi connectivity index (χ1n) is 9.77. The lowest BCUT2D eigenvalue weighted by Gasteiger charge is -2.16. The molecular formula is C23H20F2N2O5S. The van der Waals surface area contributed by atoms with Gasteiger partial charge in [-0.15, -0.1) is 0 Å². The lowest BCUT2D eigenvalue weighted by molar-refractivity contribution is -0.129. The summed E-state index contributed by atoms with van der Waals surface area (Å²) in [5.41, 5.74) is 0.428. The largest absolute Gasteiger partial charge is 0.449 e. The van der Waals surface area contributed by atoms with E-state index in [0.29, 0.717) is 12.1 Å². The molecule has 33 heavy (non-hydrogen) atoms. The summed E-state index contributed by atoms with van der Waals surface area (Å²) in [7, 11) is -4.56. The van der Waals surface area contributed by atoms with Crippen LogP contribution in [0.4, 0.5) is 14.5 Å². The van der Waals surface area contributed by atoms with E-state index in [1.54, 1.807) is 0 Å². The van der Waals surface area contributed by atoms with Crippen molar-refractivity contribution in [3.05, 3.63) is 95.6 Å². The molecule has 1 amide bonds. The third-order valence-electron chi connectivity index (χ3n) is 4.54. The number of carbonyl (C=O) groups excluding carboxylic acids is 2. The number of hydrogen-bond donors (Lipinski definition) is 2. The van der Waals surface area contributed by atoms with Crippen molar-refractivity contribution in [3.8, 4) is 0 Å². The predicted molar refractivity (Wildman–Crippen MR) is 117 cm³/mol. The molecule has 0 fully saturated rings. The molecule has 0 saturated carbocycles. The molecule has 0 aliphatic carbocycles. The molecule has 0 spiro atoms. The first kappa shape index (κ1) is 23.9. The molecule has 172 valence electrons. The van der Waals surface area contributed by atoms with Crippen molar-refractivity contribution in [2.75, 3.05) is 4.72 Å². The Morgan fingerprint density at radius 3 is 2.36 bits per heavy atom. The van der Waals surface area contributed by atoms with Crippen LogP contribution in [-0.2, 0) is 26.1 Å². The molecule has 0 saturated heterocycles. The Bertz CT molecular complexity index is 1270. The summed E-state index contributed by atoms with van der Waals surface area (Å²) < 4.78 is 59.8. The zero-order valence-corrected chi connectivity index (χ0v) is 18.2. The number of benzene rings is 3. The van der Waals surface area contributed by atoms with Gasteiger partial charge in [-0.25, -0.2) is 22.0 Å². The average molecular weight is 474 g/mol. The molecule has 0 heterocycles. The first-order valence-corrected chi connectivity index (χ1v) is 11.2. The molecule has 0 aromatic heterocycles. The maximum atomic E-state index is 14.0. The fourth-order valence-corrected chi connectivity index (χ4v) is 4.01. The van der Waals surface area contributed by atoms with Crippen LogP contribution in [0, 0.1) is 11.6 Å². The third-order valence-corrected chi connectivity index (χ3v) is 5.92. The van der Waals surface area contributed by atoms with Crippen LogP contribution in [0.15, 0.2) is 77.7 Å². The van der Waals surface area contributed by atoms with E-state index in [-0.39, 0.29) is 17.8 Å². The normalized spacial score (nSPS) is 12.0. The molecule has 0 radical (unpaired) electrons. The van der Waals surface area contributed by atoms with Crippen molar-refractivity contribution >= 4 is 27.6 Å². The van der Waals surface area contributed by atoms with E-state index in [0.717, 1.165) is 11.6 Å². The number of amides is 1. The highest BCUT2D eigenvalue weighted by atomic mass is 32.2. The van der Waals surface area contributed by atoms with Crippen LogP contribution in [0.25, 0.3) is 0 Å². The van der Waals surface area contributed by atoms with Crippen LogP contribution < -0.4 is 10.0 Å². The zero-order valence-electron chi connectivity index (χ0n) is 17.4. The van der Waals surface area contributed by atoms with Gasteiger partial charge < -0.3 is 10.1 Å². The highest BCUT2D eigenvalue weighted by Crippen LogP contribution is 2.23. The van der Waals surface area contributed by atoms with Gasteiger partial charge in [-0.2, -0.15) is 0 Å². The van der Waals surface area contributed by atoms with Crippen molar-refractivity contribution < 1.29 is 31.5 Å². The van der Waals surface area contributed by atoms with Gasteiger partial charge in [0.1, 0.15) is 16.5 Å². The zero-order chi connectivity index (χ0) is 24.0. The van der Waals surface area contributed by atoms with Crippen LogP contribution in [-0.4, -0.2) is 26.4 Å². The maximum absolute atomic E-state index is 14.0. The monoisotopic (exact) mass is 474 g/mol. The molecule has 0 aliphatic heterocycles. The number of rotatable bonds is 8. The van der Waals surface area contributed by atoms with E-state index in [9.17, 15) is 26.8 Å². The van der Waals surface area contributed by atoms with E-state index in [1.165, 1.54) is 31.2 Å². The number of anilines is 1. The average Bonchev–Trinajstić information content (AvgIpc) is 2.79. The van der Waals surface area contributed by atoms with Crippen LogP contribution in [0.1, 0.15) is 22.8 Å². The highest BCUT2D eigenvalue weighted by Gasteiger charge is 2.25. The van der Waals surface area contributed by atoms with Crippen molar-refractivity contribution in [1.82, 2.24) is 5.32 Å².